The molecule has 0 aliphatic carbocycles. The molecule has 1 fully saturated rings. The average Bonchev–Trinajstić information content (AvgIpc) is 2.88. The lowest BCUT2D eigenvalue weighted by molar-refractivity contribution is -0.117. The first-order valence-corrected chi connectivity index (χ1v) is 6.40. The normalized spacial score (nSPS) is 14.9. The van der Waals surface area contributed by atoms with Crippen LogP contribution >= 0.6 is 0 Å². The summed E-state index contributed by atoms with van der Waals surface area (Å²) in [6, 6.07) is 7.75. The summed E-state index contributed by atoms with van der Waals surface area (Å²) in [6.07, 6.45) is 5.93. The Morgan fingerprint density at radius 3 is 3.05 bits per heavy atom. The Bertz CT molecular complexity index is 561. The van der Waals surface area contributed by atoms with Crippen molar-refractivity contribution >= 4 is 11.6 Å². The molecule has 1 aromatic carbocycles. The molecule has 0 radical (unpaired) electrons. The minimum atomic E-state index is 0.0780. The average molecular weight is 256 g/mol. The van der Waals surface area contributed by atoms with Gasteiger partial charge in [0.2, 0.25) is 5.91 Å². The smallest absolute Gasteiger partial charge is 0.224 e. The molecule has 5 heteroatoms. The predicted molar refractivity (Wildman–Crippen MR) is 73.2 cm³/mol. The second-order valence-electron chi connectivity index (χ2n) is 4.80. The number of imidazole rings is 1. The van der Waals surface area contributed by atoms with E-state index in [1.165, 1.54) is 0 Å². The molecule has 2 heterocycles. The van der Waals surface area contributed by atoms with Gasteiger partial charge in [0.25, 0.3) is 0 Å². The first kappa shape index (κ1) is 11.9. The molecular weight excluding hydrogens is 240 g/mol. The molecule has 0 atom stereocenters. The Morgan fingerprint density at radius 2 is 2.37 bits per heavy atom. The summed E-state index contributed by atoms with van der Waals surface area (Å²) in [5.74, 6) is 0.561. The Labute approximate surface area is 111 Å². The van der Waals surface area contributed by atoms with Crippen LogP contribution < -0.4 is 10.6 Å². The standard InChI is InChI=1S/C14H16N4O/c19-14(6-11-8-16-9-11)17-12-2-1-3-13(7-12)18-5-4-15-10-18/h1-5,7,10-11,16H,6,8-9H2,(H,17,19). The quantitative estimate of drug-likeness (QED) is 0.869. The van der Waals surface area contributed by atoms with Crippen molar-refractivity contribution in [2.45, 2.75) is 6.42 Å². The first-order valence-electron chi connectivity index (χ1n) is 6.40. The number of nitrogens with one attached hydrogen (secondary N) is 2. The summed E-state index contributed by atoms with van der Waals surface area (Å²) >= 11 is 0. The van der Waals surface area contributed by atoms with Gasteiger partial charge >= 0.3 is 0 Å². The number of anilines is 1. The molecule has 2 N–H and O–H groups in total. The van der Waals surface area contributed by atoms with E-state index in [1.54, 1.807) is 12.5 Å². The molecule has 0 unspecified atom stereocenters. The van der Waals surface area contributed by atoms with Crippen LogP contribution in [0.25, 0.3) is 5.69 Å². The molecule has 5 nitrogen and oxygen atoms in total. The number of carbonyl (C=O) groups is 1. The zero-order valence-electron chi connectivity index (χ0n) is 10.5. The van der Waals surface area contributed by atoms with Crippen LogP contribution in [-0.4, -0.2) is 28.5 Å². The molecule has 3 rings (SSSR count). The van der Waals surface area contributed by atoms with Gasteiger partial charge in [-0.25, -0.2) is 4.98 Å². The summed E-state index contributed by atoms with van der Waals surface area (Å²) in [6.45, 7) is 1.89. The van der Waals surface area contributed by atoms with Crippen molar-refractivity contribution in [3.63, 3.8) is 0 Å². The number of carbonyl (C=O) groups excluding carboxylic acids is 1. The summed E-state index contributed by atoms with van der Waals surface area (Å²) in [7, 11) is 0. The highest BCUT2D eigenvalue weighted by Gasteiger charge is 2.19. The summed E-state index contributed by atoms with van der Waals surface area (Å²) < 4.78 is 1.91. The first-order chi connectivity index (χ1) is 9.31. The van der Waals surface area contributed by atoms with Gasteiger partial charge in [-0.3, -0.25) is 4.79 Å². The fourth-order valence-corrected chi connectivity index (χ4v) is 2.12. The van der Waals surface area contributed by atoms with E-state index in [2.05, 4.69) is 15.6 Å². The van der Waals surface area contributed by atoms with Crippen LogP contribution in [-0.2, 0) is 4.79 Å². The van der Waals surface area contributed by atoms with E-state index in [1.807, 2.05) is 35.0 Å². The van der Waals surface area contributed by atoms with Crippen molar-refractivity contribution in [3.05, 3.63) is 43.0 Å². The van der Waals surface area contributed by atoms with Gasteiger partial charge in [-0.15, -0.1) is 0 Å². The zero-order chi connectivity index (χ0) is 13.1. The Balaban J connectivity index is 1.67. The Morgan fingerprint density at radius 1 is 1.47 bits per heavy atom. The summed E-state index contributed by atoms with van der Waals surface area (Å²) in [5.41, 5.74) is 1.81. The van der Waals surface area contributed by atoms with E-state index in [0.29, 0.717) is 12.3 Å². The van der Waals surface area contributed by atoms with Gasteiger partial charge < -0.3 is 15.2 Å². The zero-order valence-corrected chi connectivity index (χ0v) is 10.5. The van der Waals surface area contributed by atoms with Crippen molar-refractivity contribution in [1.29, 1.82) is 0 Å². The van der Waals surface area contributed by atoms with Gasteiger partial charge in [0, 0.05) is 30.2 Å². The van der Waals surface area contributed by atoms with Crippen LogP contribution in [0.1, 0.15) is 6.42 Å². The number of benzene rings is 1. The molecule has 98 valence electrons. The van der Waals surface area contributed by atoms with Crippen LogP contribution in [0.2, 0.25) is 0 Å². The topological polar surface area (TPSA) is 59.0 Å². The van der Waals surface area contributed by atoms with E-state index < -0.39 is 0 Å². The number of hydrogen-bond donors (Lipinski definition) is 2. The highest BCUT2D eigenvalue weighted by Crippen LogP contribution is 2.16. The van der Waals surface area contributed by atoms with Gasteiger partial charge in [0.05, 0.1) is 6.33 Å². The van der Waals surface area contributed by atoms with Crippen molar-refractivity contribution in [3.8, 4) is 5.69 Å². The second-order valence-corrected chi connectivity index (χ2v) is 4.80. The van der Waals surface area contributed by atoms with Gasteiger partial charge in [0.15, 0.2) is 0 Å². The van der Waals surface area contributed by atoms with Crippen LogP contribution in [0, 0.1) is 5.92 Å². The molecule has 1 aliphatic heterocycles. The summed E-state index contributed by atoms with van der Waals surface area (Å²) in [4.78, 5) is 15.9. The molecule has 1 aromatic heterocycles. The number of aromatic nitrogens is 2. The molecule has 2 aromatic rings. The maximum absolute atomic E-state index is 11.9. The molecule has 0 saturated carbocycles. The number of rotatable bonds is 4. The Kier molecular flexibility index (Phi) is 3.29. The van der Waals surface area contributed by atoms with E-state index in [4.69, 9.17) is 0 Å². The van der Waals surface area contributed by atoms with Crippen LogP contribution in [0.15, 0.2) is 43.0 Å². The maximum Gasteiger partial charge on any atom is 0.224 e. The van der Waals surface area contributed by atoms with Crippen molar-refractivity contribution in [2.75, 3.05) is 18.4 Å². The fraction of sp³-hybridized carbons (Fsp3) is 0.286. The predicted octanol–water partition coefficient (Wildman–Crippen LogP) is 1.42. The maximum atomic E-state index is 11.9. The third kappa shape index (κ3) is 2.82. The lowest BCUT2D eigenvalue weighted by atomic mass is 9.99. The molecule has 1 amide bonds. The van der Waals surface area contributed by atoms with E-state index in [9.17, 15) is 4.79 Å². The molecule has 1 saturated heterocycles. The minimum absolute atomic E-state index is 0.0780. The lowest BCUT2D eigenvalue weighted by Gasteiger charge is -2.26. The third-order valence-electron chi connectivity index (χ3n) is 3.27. The third-order valence-corrected chi connectivity index (χ3v) is 3.27. The number of hydrogen-bond acceptors (Lipinski definition) is 3. The molecule has 19 heavy (non-hydrogen) atoms. The SMILES string of the molecule is O=C(CC1CNC1)Nc1cccc(-n2ccnc2)c1. The van der Waals surface area contributed by atoms with Gasteiger partial charge in [-0.2, -0.15) is 0 Å². The van der Waals surface area contributed by atoms with Crippen LogP contribution in [0.4, 0.5) is 5.69 Å². The molecule has 1 aliphatic rings. The van der Waals surface area contributed by atoms with Crippen molar-refractivity contribution in [2.24, 2.45) is 5.92 Å². The largest absolute Gasteiger partial charge is 0.326 e. The monoisotopic (exact) mass is 256 g/mol. The van der Waals surface area contributed by atoms with Crippen molar-refractivity contribution in [1.82, 2.24) is 14.9 Å². The minimum Gasteiger partial charge on any atom is -0.326 e. The highest BCUT2D eigenvalue weighted by molar-refractivity contribution is 5.91. The number of amides is 1. The highest BCUT2D eigenvalue weighted by atomic mass is 16.1. The van der Waals surface area contributed by atoms with Gasteiger partial charge in [-0.05, 0) is 37.2 Å². The van der Waals surface area contributed by atoms with E-state index in [-0.39, 0.29) is 5.91 Å². The fourth-order valence-electron chi connectivity index (χ4n) is 2.12. The second kappa shape index (κ2) is 5.24. The lowest BCUT2D eigenvalue weighted by Crippen LogP contribution is -2.43. The van der Waals surface area contributed by atoms with Crippen LogP contribution in [0.5, 0.6) is 0 Å². The number of nitrogens with zero attached hydrogens (tertiary/aromatic N) is 2. The van der Waals surface area contributed by atoms with E-state index >= 15 is 0 Å². The summed E-state index contributed by atoms with van der Waals surface area (Å²) in [5, 5.41) is 6.11. The molecular formula is C14H16N4O. The Hall–Kier alpha value is -2.14. The van der Waals surface area contributed by atoms with Crippen LogP contribution in [0.3, 0.4) is 0 Å². The van der Waals surface area contributed by atoms with Gasteiger partial charge in [-0.1, -0.05) is 6.07 Å². The van der Waals surface area contributed by atoms with E-state index in [0.717, 1.165) is 24.5 Å². The van der Waals surface area contributed by atoms with Gasteiger partial charge in [0.1, 0.15) is 0 Å². The molecule has 0 spiro atoms. The van der Waals surface area contributed by atoms with Crippen molar-refractivity contribution < 1.29 is 4.79 Å². The molecule has 0 bridgehead atoms.